The summed E-state index contributed by atoms with van der Waals surface area (Å²) >= 11 is 0. The van der Waals surface area contributed by atoms with Crippen LogP contribution in [0, 0.1) is 0 Å². The minimum absolute atomic E-state index is 0.0261. The second-order valence-corrected chi connectivity index (χ2v) is 9.55. The lowest BCUT2D eigenvalue weighted by atomic mass is 9.88. The fourth-order valence-electron chi connectivity index (χ4n) is 4.47. The maximum atomic E-state index is 13.4. The van der Waals surface area contributed by atoms with Gasteiger partial charge in [-0.05, 0) is 24.3 Å². The number of carbonyl (C=O) groups excluding carboxylic acids is 7. The van der Waals surface area contributed by atoms with Crippen molar-refractivity contribution in [1.29, 1.82) is 0 Å². The quantitative estimate of drug-likeness (QED) is 0.246. The number of hydrogen-bond donors (Lipinski definition) is 1. The number of benzene rings is 1. The van der Waals surface area contributed by atoms with Gasteiger partial charge in [-0.3, -0.25) is 24.0 Å². The van der Waals surface area contributed by atoms with Crippen molar-refractivity contribution >= 4 is 41.7 Å². The maximum absolute atomic E-state index is 13.4. The summed E-state index contributed by atoms with van der Waals surface area (Å²) in [6.07, 6.45) is -6.87. The third kappa shape index (κ3) is 9.65. The molecule has 0 bridgehead atoms. The molecule has 0 aliphatic carbocycles. The summed E-state index contributed by atoms with van der Waals surface area (Å²) in [5.41, 5.74) is 0.155. The van der Waals surface area contributed by atoms with Crippen molar-refractivity contribution in [3.05, 3.63) is 29.8 Å². The van der Waals surface area contributed by atoms with Crippen molar-refractivity contribution in [3.63, 3.8) is 0 Å². The first kappa shape index (κ1) is 35.5. The van der Waals surface area contributed by atoms with Crippen molar-refractivity contribution in [3.8, 4) is 5.75 Å². The van der Waals surface area contributed by atoms with Crippen LogP contribution in [0.4, 0.5) is 0 Å². The molecule has 44 heavy (non-hydrogen) atoms. The molecule has 1 saturated heterocycles. The summed E-state index contributed by atoms with van der Waals surface area (Å²) < 4.78 is 43.1. The van der Waals surface area contributed by atoms with Gasteiger partial charge in [0.1, 0.15) is 24.6 Å². The number of rotatable bonds is 12. The second-order valence-electron chi connectivity index (χ2n) is 9.55. The lowest BCUT2D eigenvalue weighted by Crippen LogP contribution is -2.70. The van der Waals surface area contributed by atoms with Crippen molar-refractivity contribution in [2.45, 2.75) is 77.3 Å². The average Bonchev–Trinajstić information content (AvgIpc) is 2.94. The third-order valence-corrected chi connectivity index (χ3v) is 6.05. The first-order valence-corrected chi connectivity index (χ1v) is 13.2. The first-order valence-electron chi connectivity index (χ1n) is 13.2. The topological polar surface area (TPSA) is 205 Å². The van der Waals surface area contributed by atoms with E-state index in [-0.39, 0.29) is 11.3 Å². The Morgan fingerprint density at radius 2 is 1.48 bits per heavy atom. The molecule has 1 aliphatic rings. The molecule has 0 radical (unpaired) electrons. The van der Waals surface area contributed by atoms with E-state index < -0.39 is 91.0 Å². The number of ether oxygens (including phenoxy) is 8. The SMILES string of the molecule is COC(=O)c1ccc(OC2(C(=O)OC)C[C@H](OC(C)=O)[C@@H](NC(C)=O)[C@H]([C@H](OC(C)=O)[C@@H](COC(C)=O)OC(C)=O)O2)cc1. The molecule has 6 atom stereocenters. The van der Waals surface area contributed by atoms with Crippen LogP contribution in [-0.4, -0.2) is 98.8 Å². The van der Waals surface area contributed by atoms with E-state index in [9.17, 15) is 33.6 Å². The van der Waals surface area contributed by atoms with Crippen LogP contribution < -0.4 is 10.1 Å². The van der Waals surface area contributed by atoms with E-state index in [0.717, 1.165) is 41.7 Å². The Morgan fingerprint density at radius 1 is 0.864 bits per heavy atom. The van der Waals surface area contributed by atoms with E-state index in [0.29, 0.717) is 0 Å². The summed E-state index contributed by atoms with van der Waals surface area (Å²) in [6, 6.07) is 3.98. The van der Waals surface area contributed by atoms with Gasteiger partial charge < -0.3 is 43.2 Å². The third-order valence-electron chi connectivity index (χ3n) is 6.05. The monoisotopic (exact) mass is 625 g/mol. The highest BCUT2D eigenvalue weighted by Crippen LogP contribution is 2.38. The Balaban J connectivity index is 2.77. The van der Waals surface area contributed by atoms with Gasteiger partial charge in [0, 0.05) is 34.6 Å². The Hall–Kier alpha value is -4.73. The van der Waals surface area contributed by atoms with Gasteiger partial charge in [-0.2, -0.15) is 0 Å². The molecule has 0 aromatic heterocycles. The largest absolute Gasteiger partial charge is 0.465 e. The van der Waals surface area contributed by atoms with Gasteiger partial charge in [0.2, 0.25) is 5.91 Å². The number of hydrogen-bond acceptors (Lipinski definition) is 15. The highest BCUT2D eigenvalue weighted by molar-refractivity contribution is 5.89. The zero-order valence-corrected chi connectivity index (χ0v) is 25.2. The summed E-state index contributed by atoms with van der Waals surface area (Å²) in [6.45, 7) is 4.73. The van der Waals surface area contributed by atoms with Crippen molar-refractivity contribution in [1.82, 2.24) is 5.32 Å². The Bertz CT molecular complexity index is 1250. The molecule has 16 heteroatoms. The van der Waals surface area contributed by atoms with Gasteiger partial charge in [-0.1, -0.05) is 0 Å². The molecule has 1 fully saturated rings. The van der Waals surface area contributed by atoms with Crippen LogP contribution in [0.25, 0.3) is 0 Å². The maximum Gasteiger partial charge on any atom is 0.379 e. The Morgan fingerprint density at radius 3 is 1.95 bits per heavy atom. The van der Waals surface area contributed by atoms with E-state index in [4.69, 9.17) is 33.2 Å². The highest BCUT2D eigenvalue weighted by atomic mass is 16.7. The smallest absolute Gasteiger partial charge is 0.379 e. The zero-order chi connectivity index (χ0) is 33.2. The predicted molar refractivity (Wildman–Crippen MR) is 144 cm³/mol. The molecule has 1 aromatic carbocycles. The second kappa shape index (κ2) is 15.7. The van der Waals surface area contributed by atoms with E-state index in [1.807, 2.05) is 0 Å². The van der Waals surface area contributed by atoms with Crippen LogP contribution >= 0.6 is 0 Å². The number of esters is 6. The minimum atomic E-state index is -2.44. The van der Waals surface area contributed by atoms with Crippen LogP contribution in [-0.2, 0) is 61.9 Å². The zero-order valence-electron chi connectivity index (χ0n) is 25.2. The summed E-state index contributed by atoms with van der Waals surface area (Å²) in [4.78, 5) is 85.8. The van der Waals surface area contributed by atoms with Crippen molar-refractivity contribution in [2.24, 2.45) is 0 Å². The summed E-state index contributed by atoms with van der Waals surface area (Å²) in [7, 11) is 2.22. The molecule has 242 valence electrons. The number of carbonyl (C=O) groups is 7. The fraction of sp³-hybridized carbons (Fsp3) is 0.536. The first-order chi connectivity index (χ1) is 20.6. The van der Waals surface area contributed by atoms with Crippen LogP contribution in [0.2, 0.25) is 0 Å². The van der Waals surface area contributed by atoms with E-state index >= 15 is 0 Å². The van der Waals surface area contributed by atoms with Gasteiger partial charge in [0.05, 0.1) is 32.2 Å². The number of amides is 1. The van der Waals surface area contributed by atoms with E-state index in [2.05, 4.69) is 10.1 Å². The van der Waals surface area contributed by atoms with E-state index in [1.54, 1.807) is 0 Å². The van der Waals surface area contributed by atoms with Gasteiger partial charge in [-0.25, -0.2) is 9.59 Å². The van der Waals surface area contributed by atoms with Gasteiger partial charge in [-0.15, -0.1) is 0 Å². The lowest BCUT2D eigenvalue weighted by Gasteiger charge is -2.48. The minimum Gasteiger partial charge on any atom is -0.465 e. The van der Waals surface area contributed by atoms with Crippen molar-refractivity contribution in [2.75, 3.05) is 20.8 Å². The molecule has 0 spiro atoms. The van der Waals surface area contributed by atoms with Gasteiger partial charge in [0.25, 0.3) is 0 Å². The normalized spacial score (nSPS) is 22.2. The van der Waals surface area contributed by atoms with Gasteiger partial charge >= 0.3 is 41.6 Å². The van der Waals surface area contributed by atoms with E-state index in [1.165, 1.54) is 31.4 Å². The number of nitrogens with one attached hydrogen (secondary N) is 1. The van der Waals surface area contributed by atoms with Crippen LogP contribution in [0.5, 0.6) is 5.75 Å². The Kier molecular flexibility index (Phi) is 12.6. The molecule has 1 aromatic rings. The predicted octanol–water partition coefficient (Wildman–Crippen LogP) is 0.373. The number of methoxy groups -OCH3 is 2. The van der Waals surface area contributed by atoms with Gasteiger partial charge in [0.15, 0.2) is 12.2 Å². The standard InChI is InChI=1S/C28H35NO15/c1-14(30)29-23-21(40-16(3)32)12-28(27(36)38-7,43-20-10-8-19(9-11-20)26(35)37-6)44-25(23)24(42-18(5)34)22(41-17(4)33)13-39-15(2)31/h8-11,21-25H,12-13H2,1-7H3,(H,29,30)/t21-,22+,23+,24+,25+,28?/m0/s1. The summed E-state index contributed by atoms with van der Waals surface area (Å²) in [5.74, 6) is -8.28. The molecule has 16 nitrogen and oxygen atoms in total. The fourth-order valence-corrected chi connectivity index (χ4v) is 4.47. The molecule has 1 heterocycles. The highest BCUT2D eigenvalue weighted by Gasteiger charge is 2.60. The van der Waals surface area contributed by atoms with Crippen LogP contribution in [0.3, 0.4) is 0 Å². The average molecular weight is 626 g/mol. The van der Waals surface area contributed by atoms with Crippen LogP contribution in [0.1, 0.15) is 51.4 Å². The van der Waals surface area contributed by atoms with Crippen molar-refractivity contribution < 1.29 is 71.5 Å². The molecule has 1 amide bonds. The molecule has 0 saturated carbocycles. The molecule has 1 aliphatic heterocycles. The van der Waals surface area contributed by atoms with Crippen LogP contribution in [0.15, 0.2) is 24.3 Å². The molecule has 2 rings (SSSR count). The summed E-state index contributed by atoms with van der Waals surface area (Å²) in [5, 5.41) is 2.56. The molecule has 1 N–H and O–H groups in total. The molecular weight excluding hydrogens is 590 g/mol. The lowest BCUT2D eigenvalue weighted by molar-refractivity contribution is -0.289. The molecular formula is C28H35NO15. The molecule has 1 unspecified atom stereocenters. The Labute approximate surface area is 252 Å².